The first-order valence-electron chi connectivity index (χ1n) is 8.99. The van der Waals surface area contributed by atoms with Gasteiger partial charge in [-0.25, -0.2) is 4.98 Å². The van der Waals surface area contributed by atoms with E-state index in [0.717, 1.165) is 6.07 Å². The Hall–Kier alpha value is -3.32. The zero-order valence-electron chi connectivity index (χ0n) is 15.2. The average Bonchev–Trinajstić information content (AvgIpc) is 3.29. The minimum Gasteiger partial charge on any atom is -0.487 e. The number of fused-ring (bicyclic) bond motifs is 4. The molecule has 150 valence electrons. The van der Waals surface area contributed by atoms with Crippen molar-refractivity contribution in [3.8, 4) is 17.1 Å². The van der Waals surface area contributed by atoms with Crippen molar-refractivity contribution in [1.29, 1.82) is 0 Å². The predicted molar refractivity (Wildman–Crippen MR) is 106 cm³/mol. The van der Waals surface area contributed by atoms with Crippen molar-refractivity contribution < 1.29 is 22.7 Å². The zero-order valence-corrected chi connectivity index (χ0v) is 16.0. The average molecular weight is 429 g/mol. The van der Waals surface area contributed by atoms with Gasteiger partial charge in [-0.1, -0.05) is 35.9 Å². The Bertz CT molecular complexity index is 1330. The molecule has 0 amide bonds. The van der Waals surface area contributed by atoms with Crippen LogP contribution >= 0.6 is 11.6 Å². The number of benzene rings is 2. The van der Waals surface area contributed by atoms with Crippen LogP contribution in [0.3, 0.4) is 0 Å². The molecule has 0 aliphatic carbocycles. The fourth-order valence-corrected chi connectivity index (χ4v) is 3.85. The first kappa shape index (κ1) is 18.7. The molecule has 30 heavy (non-hydrogen) atoms. The van der Waals surface area contributed by atoms with Crippen molar-refractivity contribution in [2.24, 2.45) is 0 Å². The Morgan fingerprint density at radius 2 is 1.83 bits per heavy atom. The molecule has 0 fully saturated rings. The number of alkyl halides is 3. The van der Waals surface area contributed by atoms with Gasteiger partial charge < -0.3 is 4.74 Å². The molecule has 0 radical (unpaired) electrons. The van der Waals surface area contributed by atoms with Gasteiger partial charge in [0.2, 0.25) is 0 Å². The van der Waals surface area contributed by atoms with Crippen molar-refractivity contribution in [3.05, 3.63) is 82.5 Å². The number of hydrogen-bond donors (Lipinski definition) is 0. The maximum Gasteiger partial charge on any atom is 0.418 e. The molecule has 0 saturated carbocycles. The summed E-state index contributed by atoms with van der Waals surface area (Å²) in [5, 5.41) is 0.579. The van der Waals surface area contributed by atoms with E-state index in [9.17, 15) is 18.0 Å². The molecular weight excluding hydrogens is 417 g/mol. The molecule has 0 saturated heterocycles. The summed E-state index contributed by atoms with van der Waals surface area (Å²) in [5.74, 6) is -0.333. The number of para-hydroxylation sites is 1. The second-order valence-corrected chi connectivity index (χ2v) is 7.22. The van der Waals surface area contributed by atoms with E-state index in [-0.39, 0.29) is 34.5 Å². The van der Waals surface area contributed by atoms with E-state index < -0.39 is 17.6 Å². The molecule has 8 heteroatoms. The van der Waals surface area contributed by atoms with Gasteiger partial charge in [-0.15, -0.1) is 0 Å². The molecule has 0 N–H and O–H groups in total. The van der Waals surface area contributed by atoms with Gasteiger partial charge in [0.15, 0.2) is 0 Å². The minimum atomic E-state index is -4.61. The summed E-state index contributed by atoms with van der Waals surface area (Å²) in [6, 6.07) is 14.0. The molecule has 0 bridgehead atoms. The van der Waals surface area contributed by atoms with Gasteiger partial charge in [-0.05, 0) is 30.3 Å². The SMILES string of the molecule is O=C1c2c(nc3c(C(F)(F)F)cccc3c2OCc2ccccc2Cl)-c2cccn21. The van der Waals surface area contributed by atoms with Crippen molar-refractivity contribution in [2.45, 2.75) is 12.8 Å². The lowest BCUT2D eigenvalue weighted by atomic mass is 10.0. The molecule has 5 rings (SSSR count). The van der Waals surface area contributed by atoms with Crippen LogP contribution in [-0.2, 0) is 12.8 Å². The first-order valence-corrected chi connectivity index (χ1v) is 9.36. The molecule has 0 atom stereocenters. The predicted octanol–water partition coefficient (Wildman–Crippen LogP) is 5.96. The Morgan fingerprint density at radius 3 is 2.60 bits per heavy atom. The summed E-state index contributed by atoms with van der Waals surface area (Å²) in [7, 11) is 0. The lowest BCUT2D eigenvalue weighted by Crippen LogP contribution is -2.10. The van der Waals surface area contributed by atoms with E-state index in [2.05, 4.69) is 4.98 Å². The number of carbonyl (C=O) groups excluding carboxylic acids is 1. The van der Waals surface area contributed by atoms with Gasteiger partial charge in [0.05, 0.1) is 16.8 Å². The Kier molecular flexibility index (Phi) is 4.11. The molecule has 4 aromatic rings. The van der Waals surface area contributed by atoms with Crippen LogP contribution < -0.4 is 4.74 Å². The summed E-state index contributed by atoms with van der Waals surface area (Å²) < 4.78 is 48.2. The number of hydrogen-bond acceptors (Lipinski definition) is 3. The molecule has 0 spiro atoms. The first-order chi connectivity index (χ1) is 14.4. The number of carbonyl (C=O) groups is 1. The fraction of sp³-hybridized carbons (Fsp3) is 0.0909. The van der Waals surface area contributed by atoms with Gasteiger partial charge in [0, 0.05) is 22.2 Å². The number of aromatic nitrogens is 2. The standard InChI is InChI=1S/C22H12ClF3N2O2/c23-15-8-2-1-5-12(15)11-30-20-13-6-3-7-14(22(24,25)26)18(13)27-19-16-9-4-10-28(16)21(29)17(19)20/h1-10H,11H2. The van der Waals surface area contributed by atoms with E-state index in [1.807, 2.05) is 0 Å². The van der Waals surface area contributed by atoms with E-state index in [0.29, 0.717) is 16.3 Å². The van der Waals surface area contributed by atoms with E-state index in [4.69, 9.17) is 16.3 Å². The minimum absolute atomic E-state index is 0.0103. The normalized spacial score (nSPS) is 12.9. The van der Waals surface area contributed by atoms with Crippen LogP contribution in [0.25, 0.3) is 22.3 Å². The zero-order chi connectivity index (χ0) is 21.0. The molecular formula is C22H12ClF3N2O2. The van der Waals surface area contributed by atoms with Crippen molar-refractivity contribution in [2.75, 3.05) is 0 Å². The molecule has 1 aliphatic rings. The Morgan fingerprint density at radius 1 is 1.03 bits per heavy atom. The highest BCUT2D eigenvalue weighted by molar-refractivity contribution is 6.31. The molecule has 1 aliphatic heterocycles. The highest BCUT2D eigenvalue weighted by Crippen LogP contribution is 2.44. The van der Waals surface area contributed by atoms with Crippen molar-refractivity contribution in [1.82, 2.24) is 9.55 Å². The monoisotopic (exact) mass is 428 g/mol. The highest BCUT2D eigenvalue weighted by Gasteiger charge is 2.37. The Balaban J connectivity index is 1.76. The topological polar surface area (TPSA) is 44.1 Å². The van der Waals surface area contributed by atoms with E-state index in [1.54, 1.807) is 42.6 Å². The lowest BCUT2D eigenvalue weighted by molar-refractivity contribution is -0.136. The smallest absolute Gasteiger partial charge is 0.418 e. The van der Waals surface area contributed by atoms with Gasteiger partial charge >= 0.3 is 6.18 Å². The van der Waals surface area contributed by atoms with Crippen molar-refractivity contribution in [3.63, 3.8) is 0 Å². The third kappa shape index (κ3) is 2.77. The number of pyridine rings is 1. The lowest BCUT2D eigenvalue weighted by Gasteiger charge is -2.16. The van der Waals surface area contributed by atoms with Crippen LogP contribution in [0.15, 0.2) is 60.8 Å². The molecule has 0 unspecified atom stereocenters. The third-order valence-electron chi connectivity index (χ3n) is 5.03. The van der Waals surface area contributed by atoms with Gasteiger partial charge in [-0.2, -0.15) is 13.2 Å². The maximum absolute atomic E-state index is 13.6. The number of halogens is 4. The largest absolute Gasteiger partial charge is 0.487 e. The van der Waals surface area contributed by atoms with E-state index >= 15 is 0 Å². The summed E-state index contributed by atoms with van der Waals surface area (Å²) in [6.45, 7) is -0.0103. The summed E-state index contributed by atoms with van der Waals surface area (Å²) in [5.41, 5.74) is 0.238. The number of rotatable bonds is 3. The van der Waals surface area contributed by atoms with Crippen LogP contribution in [0.1, 0.15) is 21.5 Å². The quantitative estimate of drug-likeness (QED) is 0.356. The van der Waals surface area contributed by atoms with Gasteiger partial charge in [-0.3, -0.25) is 9.36 Å². The number of ether oxygens (including phenoxy) is 1. The highest BCUT2D eigenvalue weighted by atomic mass is 35.5. The van der Waals surface area contributed by atoms with E-state index in [1.165, 1.54) is 16.7 Å². The second-order valence-electron chi connectivity index (χ2n) is 6.81. The van der Waals surface area contributed by atoms with Crippen LogP contribution in [0, 0.1) is 0 Å². The fourth-order valence-electron chi connectivity index (χ4n) is 3.66. The molecule has 4 nitrogen and oxygen atoms in total. The number of nitrogens with zero attached hydrogens (tertiary/aromatic N) is 2. The second kappa shape index (κ2) is 6.60. The Labute approximate surface area is 173 Å². The molecule has 2 aromatic heterocycles. The molecule has 3 heterocycles. The molecule has 2 aromatic carbocycles. The van der Waals surface area contributed by atoms with Crippen LogP contribution in [-0.4, -0.2) is 15.5 Å². The van der Waals surface area contributed by atoms with Gasteiger partial charge in [0.1, 0.15) is 23.6 Å². The van der Waals surface area contributed by atoms with Gasteiger partial charge in [0.25, 0.3) is 5.91 Å². The van der Waals surface area contributed by atoms with Crippen LogP contribution in [0.4, 0.5) is 13.2 Å². The summed E-state index contributed by atoms with van der Waals surface area (Å²) in [4.78, 5) is 17.2. The summed E-state index contributed by atoms with van der Waals surface area (Å²) >= 11 is 6.18. The van der Waals surface area contributed by atoms with Crippen LogP contribution in [0.5, 0.6) is 5.75 Å². The van der Waals surface area contributed by atoms with Crippen molar-refractivity contribution >= 4 is 28.4 Å². The third-order valence-corrected chi connectivity index (χ3v) is 5.40. The van der Waals surface area contributed by atoms with Crippen LogP contribution in [0.2, 0.25) is 5.02 Å². The maximum atomic E-state index is 13.6. The summed E-state index contributed by atoms with van der Waals surface area (Å²) in [6.07, 6.45) is -3.06.